The standard InChI is InChI=1S/C13H19N3O4S/c1-4-20-13(17)10(14)6-21-7-11-9(3)12(16(18)19)8(2)5-15-11/h5,10H,4,6-7,14H2,1-3H3. The molecule has 1 heterocycles. The first kappa shape index (κ1) is 17.4. The van der Waals surface area contributed by atoms with Crippen molar-refractivity contribution in [2.24, 2.45) is 5.73 Å². The minimum absolute atomic E-state index is 0.0929. The first-order valence-electron chi connectivity index (χ1n) is 6.47. The molecule has 8 heteroatoms. The summed E-state index contributed by atoms with van der Waals surface area (Å²) >= 11 is 1.40. The third kappa shape index (κ3) is 4.68. The molecule has 0 spiro atoms. The summed E-state index contributed by atoms with van der Waals surface area (Å²) in [5, 5.41) is 11.0. The average Bonchev–Trinajstić information content (AvgIpc) is 2.41. The van der Waals surface area contributed by atoms with Gasteiger partial charge in [0, 0.05) is 28.8 Å². The number of aryl methyl sites for hydroxylation is 1. The third-order valence-electron chi connectivity index (χ3n) is 2.88. The van der Waals surface area contributed by atoms with Gasteiger partial charge in [-0.2, -0.15) is 11.8 Å². The quantitative estimate of drug-likeness (QED) is 0.464. The zero-order valence-electron chi connectivity index (χ0n) is 12.3. The summed E-state index contributed by atoms with van der Waals surface area (Å²) in [5.41, 5.74) is 7.50. The second kappa shape index (κ2) is 7.94. The van der Waals surface area contributed by atoms with Gasteiger partial charge >= 0.3 is 5.97 Å². The Bertz CT molecular complexity index is 536. The van der Waals surface area contributed by atoms with E-state index >= 15 is 0 Å². The van der Waals surface area contributed by atoms with Gasteiger partial charge in [0.25, 0.3) is 5.69 Å². The number of aromatic nitrogens is 1. The summed E-state index contributed by atoms with van der Waals surface area (Å²) in [4.78, 5) is 26.2. The average molecular weight is 313 g/mol. The Balaban J connectivity index is 2.67. The Morgan fingerprint density at radius 2 is 2.24 bits per heavy atom. The molecule has 0 amide bonds. The number of hydrogen-bond donors (Lipinski definition) is 1. The first-order valence-corrected chi connectivity index (χ1v) is 7.63. The molecule has 0 aliphatic carbocycles. The molecule has 0 aliphatic rings. The van der Waals surface area contributed by atoms with Crippen molar-refractivity contribution in [1.82, 2.24) is 4.98 Å². The van der Waals surface area contributed by atoms with Gasteiger partial charge in [0.15, 0.2) is 0 Å². The van der Waals surface area contributed by atoms with Gasteiger partial charge in [0.05, 0.1) is 17.2 Å². The van der Waals surface area contributed by atoms with Gasteiger partial charge in [-0.15, -0.1) is 0 Å². The number of nitrogens with zero attached hydrogens (tertiary/aromatic N) is 2. The lowest BCUT2D eigenvalue weighted by Gasteiger charge is -2.11. The van der Waals surface area contributed by atoms with E-state index < -0.39 is 16.9 Å². The topological polar surface area (TPSA) is 108 Å². The van der Waals surface area contributed by atoms with Crippen molar-refractivity contribution in [3.8, 4) is 0 Å². The van der Waals surface area contributed by atoms with Crippen LogP contribution >= 0.6 is 11.8 Å². The van der Waals surface area contributed by atoms with Crippen molar-refractivity contribution in [3.05, 3.63) is 33.1 Å². The number of nitrogens with two attached hydrogens (primary N) is 1. The Kier molecular flexibility index (Phi) is 6.57. The zero-order valence-corrected chi connectivity index (χ0v) is 13.1. The number of ether oxygens (including phenoxy) is 1. The largest absolute Gasteiger partial charge is 0.465 e. The first-order chi connectivity index (χ1) is 9.88. The van der Waals surface area contributed by atoms with Crippen LogP contribution < -0.4 is 5.73 Å². The molecule has 0 aliphatic heterocycles. The van der Waals surface area contributed by atoms with Crippen molar-refractivity contribution < 1.29 is 14.5 Å². The Labute approximate surface area is 127 Å². The molecule has 1 unspecified atom stereocenters. The fourth-order valence-electron chi connectivity index (χ4n) is 1.79. The van der Waals surface area contributed by atoms with Crippen molar-refractivity contribution in [2.45, 2.75) is 32.6 Å². The summed E-state index contributed by atoms with van der Waals surface area (Å²) in [6.45, 7) is 5.35. The van der Waals surface area contributed by atoms with E-state index in [1.54, 1.807) is 20.8 Å². The highest BCUT2D eigenvalue weighted by molar-refractivity contribution is 7.98. The number of rotatable bonds is 7. The molecule has 0 bridgehead atoms. The number of pyridine rings is 1. The van der Waals surface area contributed by atoms with Crippen LogP contribution in [-0.4, -0.2) is 34.3 Å². The van der Waals surface area contributed by atoms with Crippen molar-refractivity contribution in [3.63, 3.8) is 0 Å². The zero-order chi connectivity index (χ0) is 16.0. The van der Waals surface area contributed by atoms with Gasteiger partial charge < -0.3 is 10.5 Å². The van der Waals surface area contributed by atoms with Crippen LogP contribution in [0.15, 0.2) is 6.20 Å². The van der Waals surface area contributed by atoms with E-state index in [0.29, 0.717) is 34.9 Å². The summed E-state index contributed by atoms with van der Waals surface area (Å²) in [5.74, 6) is 0.395. The summed E-state index contributed by atoms with van der Waals surface area (Å²) in [7, 11) is 0. The number of carbonyl (C=O) groups is 1. The SMILES string of the molecule is CCOC(=O)C(N)CSCc1ncc(C)c([N+](=O)[O-])c1C. The number of nitro groups is 1. The van der Waals surface area contributed by atoms with Crippen LogP contribution in [0.3, 0.4) is 0 Å². The third-order valence-corrected chi connectivity index (χ3v) is 3.96. The molecule has 1 aromatic heterocycles. The molecule has 0 fully saturated rings. The number of thioether (sulfide) groups is 1. The Morgan fingerprint density at radius 1 is 1.57 bits per heavy atom. The van der Waals surface area contributed by atoms with Gasteiger partial charge in [-0.3, -0.25) is 19.9 Å². The van der Waals surface area contributed by atoms with Crippen LogP contribution in [0.25, 0.3) is 0 Å². The fraction of sp³-hybridized carbons (Fsp3) is 0.538. The summed E-state index contributed by atoms with van der Waals surface area (Å²) < 4.78 is 4.81. The lowest BCUT2D eigenvalue weighted by Crippen LogP contribution is -2.34. The van der Waals surface area contributed by atoms with E-state index in [9.17, 15) is 14.9 Å². The predicted molar refractivity (Wildman–Crippen MR) is 81.1 cm³/mol. The van der Waals surface area contributed by atoms with Crippen molar-refractivity contribution in [2.75, 3.05) is 12.4 Å². The molecule has 2 N–H and O–H groups in total. The highest BCUT2D eigenvalue weighted by Crippen LogP contribution is 2.26. The van der Waals surface area contributed by atoms with E-state index in [1.165, 1.54) is 18.0 Å². The highest BCUT2D eigenvalue weighted by atomic mass is 32.2. The van der Waals surface area contributed by atoms with E-state index in [2.05, 4.69) is 4.98 Å². The maximum absolute atomic E-state index is 11.4. The van der Waals surface area contributed by atoms with Crippen molar-refractivity contribution >= 4 is 23.4 Å². The highest BCUT2D eigenvalue weighted by Gasteiger charge is 2.19. The van der Waals surface area contributed by atoms with Crippen LogP contribution in [0.5, 0.6) is 0 Å². The summed E-state index contributed by atoms with van der Waals surface area (Å²) in [6, 6.07) is -0.698. The second-order valence-corrected chi connectivity index (χ2v) is 5.52. The van der Waals surface area contributed by atoms with Gasteiger partial charge in [-0.25, -0.2) is 0 Å². The molecule has 21 heavy (non-hydrogen) atoms. The molecule has 116 valence electrons. The molecule has 7 nitrogen and oxygen atoms in total. The van der Waals surface area contributed by atoms with Gasteiger partial charge in [-0.1, -0.05) is 0 Å². The molecule has 0 radical (unpaired) electrons. The van der Waals surface area contributed by atoms with Crippen molar-refractivity contribution in [1.29, 1.82) is 0 Å². The van der Waals surface area contributed by atoms with E-state index in [4.69, 9.17) is 10.5 Å². The molecule has 1 aromatic rings. The van der Waals surface area contributed by atoms with Crippen LogP contribution in [0, 0.1) is 24.0 Å². The lowest BCUT2D eigenvalue weighted by atomic mass is 10.1. The molecule has 0 saturated heterocycles. The molecule has 1 atom stereocenters. The van der Waals surface area contributed by atoms with E-state index in [-0.39, 0.29) is 5.69 Å². The molecular formula is C13H19N3O4S. The van der Waals surface area contributed by atoms with Crippen LogP contribution in [0.2, 0.25) is 0 Å². The smallest absolute Gasteiger partial charge is 0.323 e. The molecule has 1 rings (SSSR count). The maximum atomic E-state index is 11.4. The number of carbonyl (C=O) groups excluding carboxylic acids is 1. The van der Waals surface area contributed by atoms with Crippen LogP contribution in [0.1, 0.15) is 23.7 Å². The van der Waals surface area contributed by atoms with Gasteiger partial charge in [0.1, 0.15) is 6.04 Å². The van der Waals surface area contributed by atoms with Gasteiger partial charge in [0.2, 0.25) is 0 Å². The lowest BCUT2D eigenvalue weighted by molar-refractivity contribution is -0.386. The Hall–Kier alpha value is -1.67. The minimum Gasteiger partial charge on any atom is -0.465 e. The van der Waals surface area contributed by atoms with E-state index in [0.717, 1.165) is 0 Å². The Morgan fingerprint density at radius 3 is 2.81 bits per heavy atom. The monoisotopic (exact) mass is 313 g/mol. The molecule has 0 saturated carbocycles. The molecular weight excluding hydrogens is 294 g/mol. The van der Waals surface area contributed by atoms with Gasteiger partial charge in [-0.05, 0) is 20.8 Å². The van der Waals surface area contributed by atoms with E-state index in [1.807, 2.05) is 0 Å². The maximum Gasteiger partial charge on any atom is 0.323 e. The minimum atomic E-state index is -0.698. The number of hydrogen-bond acceptors (Lipinski definition) is 7. The summed E-state index contributed by atoms with van der Waals surface area (Å²) in [6.07, 6.45) is 1.49. The normalized spacial score (nSPS) is 12.0. The second-order valence-electron chi connectivity index (χ2n) is 4.49. The number of esters is 1. The van der Waals surface area contributed by atoms with Crippen LogP contribution in [-0.2, 0) is 15.3 Å². The molecule has 0 aromatic carbocycles. The predicted octanol–water partition coefficient (Wildman–Crippen LogP) is 1.73. The fourth-order valence-corrected chi connectivity index (χ4v) is 2.78. The van der Waals surface area contributed by atoms with Crippen LogP contribution in [0.4, 0.5) is 5.69 Å².